The highest BCUT2D eigenvalue weighted by atomic mass is 16.5. The van der Waals surface area contributed by atoms with Gasteiger partial charge in [-0.1, -0.05) is 30.3 Å². The summed E-state index contributed by atoms with van der Waals surface area (Å²) in [6.45, 7) is 0. The Bertz CT molecular complexity index is 2340. The van der Waals surface area contributed by atoms with E-state index in [0.29, 0.717) is 22.5 Å². The van der Waals surface area contributed by atoms with Gasteiger partial charge in [-0.25, -0.2) is 9.59 Å². The molecule has 0 saturated carbocycles. The Morgan fingerprint density at radius 1 is 0.404 bits per heavy atom. The summed E-state index contributed by atoms with van der Waals surface area (Å²) in [5.74, 6) is -1.22. The van der Waals surface area contributed by atoms with Gasteiger partial charge < -0.3 is 30.3 Å². The van der Waals surface area contributed by atoms with Gasteiger partial charge in [0.25, 0.3) is 11.8 Å². The lowest BCUT2D eigenvalue weighted by atomic mass is 10.1. The fourth-order valence-electron chi connectivity index (χ4n) is 5.47. The summed E-state index contributed by atoms with van der Waals surface area (Å²) >= 11 is 0. The van der Waals surface area contributed by atoms with Crippen molar-refractivity contribution in [3.05, 3.63) is 168 Å². The highest BCUT2D eigenvalue weighted by Gasteiger charge is 2.15. The molecule has 0 aliphatic heterocycles. The van der Waals surface area contributed by atoms with E-state index in [9.17, 15) is 29.4 Å². The summed E-state index contributed by atoms with van der Waals surface area (Å²) in [7, 11) is 0. The lowest BCUT2D eigenvalue weighted by Crippen LogP contribution is -2.14. The van der Waals surface area contributed by atoms with Crippen molar-refractivity contribution in [1.82, 2.24) is 0 Å². The van der Waals surface area contributed by atoms with Crippen LogP contribution in [0.5, 0.6) is 23.0 Å². The summed E-state index contributed by atoms with van der Waals surface area (Å²) in [5.41, 5.74) is 2.10. The third-order valence-electron chi connectivity index (χ3n) is 8.15. The van der Waals surface area contributed by atoms with Crippen molar-refractivity contribution >= 4 is 56.7 Å². The first-order valence-electron chi connectivity index (χ1n) is 16.0. The summed E-state index contributed by atoms with van der Waals surface area (Å²) in [6, 6.07) is 38.6. The average Bonchev–Trinajstić information content (AvgIpc) is 3.16. The number of carbonyl (C=O) groups is 4. The number of phenols is 2. The lowest BCUT2D eigenvalue weighted by Gasteiger charge is -2.10. The second-order valence-electron chi connectivity index (χ2n) is 11.8. The molecule has 0 fully saturated rings. The molecule has 10 nitrogen and oxygen atoms in total. The van der Waals surface area contributed by atoms with Crippen molar-refractivity contribution in [2.24, 2.45) is 0 Å². The number of ether oxygens (including phenoxy) is 2. The molecule has 254 valence electrons. The summed E-state index contributed by atoms with van der Waals surface area (Å²) < 4.78 is 11.0. The van der Waals surface area contributed by atoms with Crippen molar-refractivity contribution in [2.75, 3.05) is 10.6 Å². The van der Waals surface area contributed by atoms with Crippen LogP contribution in [0.15, 0.2) is 146 Å². The molecular formula is C42H28N2O8. The van der Waals surface area contributed by atoms with Gasteiger partial charge >= 0.3 is 11.9 Å². The van der Waals surface area contributed by atoms with Crippen LogP contribution in [0.25, 0.3) is 21.5 Å². The van der Waals surface area contributed by atoms with Crippen LogP contribution >= 0.6 is 0 Å². The standard InChI is InChI=1S/C42H28N2O8/c45-35-14-8-25-20-30(6-4-27(25)23-35)40(48)44-34-12-16-37(17-13-34)51-41(49)31-3-1-2-29(22-31)39(47)43-33-10-18-38(19-11-33)52-42(50)32-7-5-28-24-36(46)15-9-26(28)21-32/h1-24,45-46H,(H,43,47)(H,44,48). The van der Waals surface area contributed by atoms with Crippen molar-refractivity contribution in [1.29, 1.82) is 0 Å². The number of fused-ring (bicyclic) bond motifs is 2. The van der Waals surface area contributed by atoms with Crippen LogP contribution in [0.4, 0.5) is 11.4 Å². The Kier molecular flexibility index (Phi) is 9.01. The molecule has 52 heavy (non-hydrogen) atoms. The molecule has 0 aliphatic rings. The molecule has 10 heteroatoms. The third-order valence-corrected chi connectivity index (χ3v) is 8.15. The van der Waals surface area contributed by atoms with E-state index >= 15 is 0 Å². The zero-order valence-corrected chi connectivity index (χ0v) is 27.2. The second-order valence-corrected chi connectivity index (χ2v) is 11.8. The van der Waals surface area contributed by atoms with Gasteiger partial charge in [0.1, 0.15) is 23.0 Å². The maximum absolute atomic E-state index is 13.0. The molecular weight excluding hydrogens is 660 g/mol. The Balaban J connectivity index is 0.929. The third kappa shape index (κ3) is 7.56. The van der Waals surface area contributed by atoms with Gasteiger partial charge in [-0.05, 0) is 137 Å². The molecule has 0 aliphatic carbocycles. The first kappa shape index (κ1) is 33.1. The Morgan fingerprint density at radius 2 is 0.788 bits per heavy atom. The minimum absolute atomic E-state index is 0.136. The van der Waals surface area contributed by atoms with E-state index in [1.807, 2.05) is 0 Å². The average molecular weight is 689 g/mol. The van der Waals surface area contributed by atoms with E-state index in [1.165, 1.54) is 12.1 Å². The predicted octanol–water partition coefficient (Wildman–Crippen LogP) is 8.35. The minimum Gasteiger partial charge on any atom is -0.508 e. The van der Waals surface area contributed by atoms with Crippen molar-refractivity contribution in [3.8, 4) is 23.0 Å². The van der Waals surface area contributed by atoms with Crippen molar-refractivity contribution < 1.29 is 38.9 Å². The first-order valence-corrected chi connectivity index (χ1v) is 16.0. The molecule has 2 amide bonds. The van der Waals surface area contributed by atoms with Crippen molar-refractivity contribution in [3.63, 3.8) is 0 Å². The molecule has 0 spiro atoms. The van der Waals surface area contributed by atoms with E-state index in [2.05, 4.69) is 10.6 Å². The van der Waals surface area contributed by atoms with Gasteiger partial charge in [-0.3, -0.25) is 9.59 Å². The van der Waals surface area contributed by atoms with Gasteiger partial charge in [0, 0.05) is 22.5 Å². The number of anilines is 2. The van der Waals surface area contributed by atoms with E-state index in [4.69, 9.17) is 9.47 Å². The Labute approximate surface area is 296 Å². The fourth-order valence-corrected chi connectivity index (χ4v) is 5.47. The number of carbonyl (C=O) groups excluding carboxylic acids is 4. The molecule has 0 unspecified atom stereocenters. The molecule has 0 atom stereocenters. The van der Waals surface area contributed by atoms with Crippen LogP contribution in [-0.4, -0.2) is 34.0 Å². The van der Waals surface area contributed by atoms with Gasteiger partial charge in [0.15, 0.2) is 0 Å². The highest BCUT2D eigenvalue weighted by molar-refractivity contribution is 6.07. The number of amides is 2. The van der Waals surface area contributed by atoms with Crippen LogP contribution in [0.3, 0.4) is 0 Å². The maximum Gasteiger partial charge on any atom is 0.343 e. The molecule has 4 N–H and O–H groups in total. The zero-order valence-electron chi connectivity index (χ0n) is 27.2. The minimum atomic E-state index is -0.677. The second kappa shape index (κ2) is 14.2. The number of benzene rings is 7. The molecule has 7 aromatic carbocycles. The Hall–Kier alpha value is -7.46. The van der Waals surface area contributed by atoms with E-state index in [-0.39, 0.29) is 40.0 Å². The molecule has 0 heterocycles. The molecule has 7 aromatic rings. The molecule has 0 radical (unpaired) electrons. The largest absolute Gasteiger partial charge is 0.508 e. The number of rotatable bonds is 8. The topological polar surface area (TPSA) is 151 Å². The molecule has 0 bridgehead atoms. The number of aromatic hydroxyl groups is 2. The van der Waals surface area contributed by atoms with E-state index in [0.717, 1.165) is 21.5 Å². The smallest absolute Gasteiger partial charge is 0.343 e. The zero-order chi connectivity index (χ0) is 36.2. The SMILES string of the molecule is O=C(Nc1ccc(OC(=O)c2ccc3cc(O)ccc3c2)cc1)c1cccc(C(=O)Oc2ccc(NC(=O)c3ccc4cc(O)ccc4c3)cc2)c1. The van der Waals surface area contributed by atoms with Crippen LogP contribution < -0.4 is 20.1 Å². The van der Waals surface area contributed by atoms with Gasteiger partial charge in [0.05, 0.1) is 11.1 Å². The first-order chi connectivity index (χ1) is 25.2. The molecule has 0 aromatic heterocycles. The number of hydrogen-bond acceptors (Lipinski definition) is 8. The van der Waals surface area contributed by atoms with Crippen LogP contribution in [-0.2, 0) is 0 Å². The summed E-state index contributed by atoms with van der Waals surface area (Å²) in [6.07, 6.45) is 0. The number of hydrogen-bond donors (Lipinski definition) is 4. The number of nitrogens with one attached hydrogen (secondary N) is 2. The van der Waals surface area contributed by atoms with Gasteiger partial charge in [-0.15, -0.1) is 0 Å². The fraction of sp³-hybridized carbons (Fsp3) is 0. The van der Waals surface area contributed by atoms with Gasteiger partial charge in [0.2, 0.25) is 0 Å². The lowest BCUT2D eigenvalue weighted by molar-refractivity contribution is 0.0725. The van der Waals surface area contributed by atoms with Gasteiger partial charge in [-0.2, -0.15) is 0 Å². The van der Waals surface area contributed by atoms with Crippen LogP contribution in [0, 0.1) is 0 Å². The quantitative estimate of drug-likeness (QED) is 0.0919. The van der Waals surface area contributed by atoms with Crippen LogP contribution in [0.1, 0.15) is 41.4 Å². The highest BCUT2D eigenvalue weighted by Crippen LogP contribution is 2.25. The van der Waals surface area contributed by atoms with E-state index < -0.39 is 17.8 Å². The van der Waals surface area contributed by atoms with Crippen molar-refractivity contribution in [2.45, 2.75) is 0 Å². The maximum atomic E-state index is 13.0. The predicted molar refractivity (Wildman–Crippen MR) is 196 cm³/mol. The summed E-state index contributed by atoms with van der Waals surface area (Å²) in [5, 5.41) is 28.1. The molecule has 0 saturated heterocycles. The Morgan fingerprint density at radius 3 is 1.31 bits per heavy atom. The summed E-state index contributed by atoms with van der Waals surface area (Å²) in [4.78, 5) is 51.5. The van der Waals surface area contributed by atoms with E-state index in [1.54, 1.807) is 133 Å². The number of phenolic OH excluding ortho intramolecular Hbond substituents is 2. The normalized spacial score (nSPS) is 10.8. The molecule has 7 rings (SSSR count). The van der Waals surface area contributed by atoms with Crippen LogP contribution in [0.2, 0.25) is 0 Å². The number of esters is 2. The monoisotopic (exact) mass is 688 g/mol.